The second-order valence-electron chi connectivity index (χ2n) is 4.06. The van der Waals surface area contributed by atoms with Crippen LogP contribution in [0.4, 0.5) is 11.6 Å². The lowest BCUT2D eigenvalue weighted by molar-refractivity contribution is -0.387. The molecule has 0 aromatic carbocycles. The third-order valence-corrected chi connectivity index (χ3v) is 2.21. The number of aryl methyl sites for hydroxylation is 1. The highest BCUT2D eigenvalue weighted by Crippen LogP contribution is 2.28. The van der Waals surface area contributed by atoms with Crippen molar-refractivity contribution >= 4 is 11.6 Å². The Morgan fingerprint density at radius 2 is 2.05 bits per heavy atom. The lowest BCUT2D eigenvalue weighted by Gasteiger charge is -2.10. The van der Waals surface area contributed by atoms with Crippen LogP contribution in [-0.4, -0.2) is 41.3 Å². The van der Waals surface area contributed by atoms with Crippen molar-refractivity contribution in [2.75, 3.05) is 25.6 Å². The van der Waals surface area contributed by atoms with Gasteiger partial charge in [-0.15, -0.1) is 0 Å². The van der Waals surface area contributed by atoms with Crippen LogP contribution in [0.5, 0.6) is 5.88 Å². The van der Waals surface area contributed by atoms with Crippen LogP contribution < -0.4 is 10.1 Å². The van der Waals surface area contributed by atoms with E-state index >= 15 is 0 Å². The molecular formula is C11H18N4O4. The highest BCUT2D eigenvalue weighted by molar-refractivity contribution is 5.48. The maximum Gasteiger partial charge on any atom is 0.352 e. The minimum absolute atomic E-state index is 0.0470. The largest absolute Gasteiger partial charge is 0.470 e. The molecule has 1 aromatic heterocycles. The van der Waals surface area contributed by atoms with E-state index in [2.05, 4.69) is 15.3 Å². The summed E-state index contributed by atoms with van der Waals surface area (Å²) in [7, 11) is 1.63. The quantitative estimate of drug-likeness (QED) is 0.455. The molecule has 8 nitrogen and oxygen atoms in total. The van der Waals surface area contributed by atoms with Gasteiger partial charge >= 0.3 is 5.69 Å². The third kappa shape index (κ3) is 4.32. The second-order valence-corrected chi connectivity index (χ2v) is 4.06. The van der Waals surface area contributed by atoms with Crippen LogP contribution in [-0.2, 0) is 4.74 Å². The van der Waals surface area contributed by atoms with E-state index in [1.807, 2.05) is 13.8 Å². The first-order chi connectivity index (χ1) is 8.95. The van der Waals surface area contributed by atoms with Gasteiger partial charge in [-0.2, -0.15) is 4.98 Å². The zero-order chi connectivity index (χ0) is 14.4. The second kappa shape index (κ2) is 6.83. The number of nitrogens with zero attached hydrogens (tertiary/aromatic N) is 3. The fourth-order valence-corrected chi connectivity index (χ4v) is 1.39. The molecule has 1 heterocycles. The number of rotatable bonds is 7. The Morgan fingerprint density at radius 3 is 2.58 bits per heavy atom. The summed E-state index contributed by atoms with van der Waals surface area (Å²) in [5.41, 5.74) is 0.0349. The minimum atomic E-state index is -0.548. The van der Waals surface area contributed by atoms with Gasteiger partial charge in [0.25, 0.3) is 5.88 Å². The van der Waals surface area contributed by atoms with Gasteiger partial charge < -0.3 is 14.8 Å². The molecule has 8 heteroatoms. The van der Waals surface area contributed by atoms with E-state index in [-0.39, 0.29) is 35.9 Å². The zero-order valence-corrected chi connectivity index (χ0v) is 11.5. The number of hydrogen-bond donors (Lipinski definition) is 1. The van der Waals surface area contributed by atoms with Crippen LogP contribution in [0.3, 0.4) is 0 Å². The molecule has 0 spiro atoms. The number of ether oxygens (including phenoxy) is 2. The van der Waals surface area contributed by atoms with E-state index in [0.29, 0.717) is 6.61 Å². The zero-order valence-electron chi connectivity index (χ0n) is 11.5. The standard InChI is InChI=1S/C11H18N4O4/c1-7(2)18-5-6-19-10-9(15(16)17)8(3)13-11(12-4)14-10/h7H,5-6H2,1-4H3,(H,12,13,14). The van der Waals surface area contributed by atoms with Crippen molar-refractivity contribution in [1.82, 2.24) is 9.97 Å². The normalized spacial score (nSPS) is 10.6. The topological polar surface area (TPSA) is 99.4 Å². The molecule has 1 N–H and O–H groups in total. The Labute approximate surface area is 111 Å². The van der Waals surface area contributed by atoms with E-state index in [4.69, 9.17) is 9.47 Å². The molecule has 0 aliphatic carbocycles. The first-order valence-corrected chi connectivity index (χ1v) is 5.91. The van der Waals surface area contributed by atoms with E-state index in [1.165, 1.54) is 6.92 Å². The summed E-state index contributed by atoms with van der Waals surface area (Å²) >= 11 is 0. The first-order valence-electron chi connectivity index (χ1n) is 5.91. The Hall–Kier alpha value is -1.96. The number of nitro groups is 1. The van der Waals surface area contributed by atoms with Crippen LogP contribution in [0.2, 0.25) is 0 Å². The molecule has 1 rings (SSSR count). The number of aromatic nitrogens is 2. The molecule has 0 saturated heterocycles. The van der Waals surface area contributed by atoms with Gasteiger partial charge in [0.05, 0.1) is 17.6 Å². The first kappa shape index (κ1) is 15.1. The summed E-state index contributed by atoms with van der Waals surface area (Å²) in [4.78, 5) is 18.3. The van der Waals surface area contributed by atoms with Crippen molar-refractivity contribution in [3.8, 4) is 5.88 Å². The Balaban J connectivity index is 2.84. The van der Waals surface area contributed by atoms with Crippen molar-refractivity contribution in [3.05, 3.63) is 15.8 Å². The fraction of sp³-hybridized carbons (Fsp3) is 0.636. The third-order valence-electron chi connectivity index (χ3n) is 2.21. The van der Waals surface area contributed by atoms with Gasteiger partial charge in [0.2, 0.25) is 5.95 Å². The highest BCUT2D eigenvalue weighted by Gasteiger charge is 2.23. The van der Waals surface area contributed by atoms with Gasteiger partial charge in [-0.3, -0.25) is 10.1 Å². The van der Waals surface area contributed by atoms with Crippen molar-refractivity contribution in [3.63, 3.8) is 0 Å². The molecular weight excluding hydrogens is 252 g/mol. The van der Waals surface area contributed by atoms with E-state index in [9.17, 15) is 10.1 Å². The van der Waals surface area contributed by atoms with E-state index in [0.717, 1.165) is 0 Å². The average molecular weight is 270 g/mol. The van der Waals surface area contributed by atoms with Gasteiger partial charge in [0.15, 0.2) is 0 Å². The molecule has 0 amide bonds. The van der Waals surface area contributed by atoms with Crippen LogP contribution in [0.1, 0.15) is 19.5 Å². The average Bonchev–Trinajstić information content (AvgIpc) is 2.33. The lowest BCUT2D eigenvalue weighted by Crippen LogP contribution is -2.13. The monoisotopic (exact) mass is 270 g/mol. The number of nitrogens with one attached hydrogen (secondary N) is 1. The van der Waals surface area contributed by atoms with Crippen molar-refractivity contribution < 1.29 is 14.4 Å². The van der Waals surface area contributed by atoms with Crippen molar-refractivity contribution in [2.45, 2.75) is 26.9 Å². The van der Waals surface area contributed by atoms with Crippen LogP contribution >= 0.6 is 0 Å². The molecule has 0 bridgehead atoms. The molecule has 0 saturated carbocycles. The van der Waals surface area contributed by atoms with Gasteiger partial charge in [-0.1, -0.05) is 0 Å². The summed E-state index contributed by atoms with van der Waals surface area (Å²) in [6, 6.07) is 0. The Kier molecular flexibility index (Phi) is 5.43. The number of anilines is 1. The van der Waals surface area contributed by atoms with E-state index in [1.54, 1.807) is 7.05 Å². The predicted octanol–water partition coefficient (Wildman–Crippen LogP) is 1.54. The minimum Gasteiger partial charge on any atom is -0.470 e. The molecule has 0 aliphatic heterocycles. The van der Waals surface area contributed by atoms with Gasteiger partial charge in [0, 0.05) is 7.05 Å². The lowest BCUT2D eigenvalue weighted by atomic mass is 10.3. The summed E-state index contributed by atoms with van der Waals surface area (Å²) in [5.74, 6) is 0.233. The maximum atomic E-state index is 11.0. The summed E-state index contributed by atoms with van der Waals surface area (Å²) in [5, 5.41) is 13.7. The fourth-order valence-electron chi connectivity index (χ4n) is 1.39. The van der Waals surface area contributed by atoms with Crippen molar-refractivity contribution in [1.29, 1.82) is 0 Å². The maximum absolute atomic E-state index is 11.0. The SMILES string of the molecule is CNc1nc(C)c([N+](=O)[O-])c(OCCOC(C)C)n1. The summed E-state index contributed by atoms with van der Waals surface area (Å²) in [6.45, 7) is 5.87. The molecule has 0 aliphatic rings. The molecule has 0 unspecified atom stereocenters. The molecule has 19 heavy (non-hydrogen) atoms. The highest BCUT2D eigenvalue weighted by atomic mass is 16.6. The van der Waals surface area contributed by atoms with Crippen molar-refractivity contribution in [2.24, 2.45) is 0 Å². The van der Waals surface area contributed by atoms with E-state index < -0.39 is 4.92 Å². The Bertz CT molecular complexity index is 451. The predicted molar refractivity (Wildman–Crippen MR) is 69.6 cm³/mol. The molecule has 1 aromatic rings. The smallest absolute Gasteiger partial charge is 0.352 e. The summed E-state index contributed by atoms with van der Waals surface area (Å²) in [6.07, 6.45) is 0.0820. The van der Waals surface area contributed by atoms with Gasteiger partial charge in [0.1, 0.15) is 12.3 Å². The molecule has 0 fully saturated rings. The van der Waals surface area contributed by atoms with Crippen LogP contribution in [0, 0.1) is 17.0 Å². The van der Waals surface area contributed by atoms with Crippen LogP contribution in [0.15, 0.2) is 0 Å². The Morgan fingerprint density at radius 1 is 1.37 bits per heavy atom. The molecule has 0 atom stereocenters. The van der Waals surface area contributed by atoms with Gasteiger partial charge in [-0.05, 0) is 20.8 Å². The number of hydrogen-bond acceptors (Lipinski definition) is 7. The molecule has 0 radical (unpaired) electrons. The van der Waals surface area contributed by atoms with Gasteiger partial charge in [-0.25, -0.2) is 4.98 Å². The van der Waals surface area contributed by atoms with Crippen LogP contribution in [0.25, 0.3) is 0 Å². The molecule has 106 valence electrons. The summed E-state index contributed by atoms with van der Waals surface area (Å²) < 4.78 is 10.6.